The third kappa shape index (κ3) is 8.02. The van der Waals surface area contributed by atoms with E-state index < -0.39 is 6.04 Å². The molecule has 0 aliphatic heterocycles. The first-order chi connectivity index (χ1) is 15.2. The van der Waals surface area contributed by atoms with E-state index in [1.54, 1.807) is 28.8 Å². The van der Waals surface area contributed by atoms with Crippen molar-refractivity contribution in [1.29, 1.82) is 0 Å². The predicted octanol–water partition coefficient (Wildman–Crippen LogP) is 6.26. The standard InChI is InChI=1S/C25H32Cl2N2O2S/c1-5-18(4)28-25(31)23(6-2)29(14-20-11-12-21(26)22(27)13-20)24(30)16-32-15-19-9-7-17(3)8-10-19/h7-13,18,23H,5-6,14-16H2,1-4H3,(H,28,31)/t18-,23-/m0/s1. The lowest BCUT2D eigenvalue weighted by atomic mass is 10.1. The number of amides is 2. The lowest BCUT2D eigenvalue weighted by molar-refractivity contribution is -0.139. The maximum absolute atomic E-state index is 13.3. The van der Waals surface area contributed by atoms with Crippen molar-refractivity contribution in [3.05, 3.63) is 69.2 Å². The molecule has 0 aromatic heterocycles. The van der Waals surface area contributed by atoms with Gasteiger partial charge < -0.3 is 10.2 Å². The van der Waals surface area contributed by atoms with Gasteiger partial charge in [-0.05, 0) is 49.9 Å². The fourth-order valence-corrected chi connectivity index (χ4v) is 4.41. The number of rotatable bonds is 11. The molecule has 0 saturated carbocycles. The number of hydrogen-bond donors (Lipinski definition) is 1. The van der Waals surface area contributed by atoms with E-state index in [1.165, 1.54) is 11.1 Å². The molecule has 2 aromatic rings. The first kappa shape index (κ1) is 26.6. The molecule has 2 aromatic carbocycles. The van der Waals surface area contributed by atoms with Crippen molar-refractivity contribution in [2.45, 2.75) is 64.9 Å². The molecule has 1 N–H and O–H groups in total. The fourth-order valence-electron chi connectivity index (χ4n) is 3.22. The fraction of sp³-hybridized carbons (Fsp3) is 0.440. The molecule has 0 spiro atoms. The highest BCUT2D eigenvalue weighted by Crippen LogP contribution is 2.24. The van der Waals surface area contributed by atoms with Gasteiger partial charge in [-0.15, -0.1) is 11.8 Å². The Morgan fingerprint density at radius 2 is 1.66 bits per heavy atom. The first-order valence-electron chi connectivity index (χ1n) is 10.9. The zero-order chi connectivity index (χ0) is 23.7. The highest BCUT2D eigenvalue weighted by Gasteiger charge is 2.29. The van der Waals surface area contributed by atoms with Crippen LogP contribution in [0.5, 0.6) is 0 Å². The molecule has 7 heteroatoms. The monoisotopic (exact) mass is 494 g/mol. The molecule has 0 unspecified atom stereocenters. The van der Waals surface area contributed by atoms with Crippen molar-refractivity contribution < 1.29 is 9.59 Å². The summed E-state index contributed by atoms with van der Waals surface area (Å²) in [6.45, 7) is 8.26. The highest BCUT2D eigenvalue weighted by molar-refractivity contribution is 7.99. The molecular formula is C25H32Cl2N2O2S. The molecule has 0 fully saturated rings. The third-order valence-corrected chi connectivity index (χ3v) is 7.07. The van der Waals surface area contributed by atoms with Crippen LogP contribution in [0.1, 0.15) is 50.3 Å². The van der Waals surface area contributed by atoms with Gasteiger partial charge in [-0.25, -0.2) is 0 Å². The van der Waals surface area contributed by atoms with Gasteiger partial charge in [0.25, 0.3) is 0 Å². The Labute approximate surface area is 206 Å². The zero-order valence-electron chi connectivity index (χ0n) is 19.2. The van der Waals surface area contributed by atoms with Gasteiger partial charge in [0.05, 0.1) is 15.8 Å². The number of aryl methyl sites for hydroxylation is 1. The summed E-state index contributed by atoms with van der Waals surface area (Å²) < 4.78 is 0. The summed E-state index contributed by atoms with van der Waals surface area (Å²) in [6.07, 6.45) is 1.35. The minimum atomic E-state index is -0.550. The van der Waals surface area contributed by atoms with Gasteiger partial charge in [0.15, 0.2) is 0 Å². The summed E-state index contributed by atoms with van der Waals surface area (Å²) in [5.74, 6) is 0.836. The molecule has 174 valence electrons. The number of hydrogen-bond acceptors (Lipinski definition) is 3. The SMILES string of the molecule is CC[C@H](C)NC(=O)[C@H](CC)N(Cc1ccc(Cl)c(Cl)c1)C(=O)CSCc1ccc(C)cc1. The Kier molecular flexibility index (Phi) is 10.9. The van der Waals surface area contributed by atoms with Crippen LogP contribution in [-0.4, -0.2) is 34.6 Å². The van der Waals surface area contributed by atoms with Crippen LogP contribution in [0, 0.1) is 6.92 Å². The average Bonchev–Trinajstić information content (AvgIpc) is 2.77. The highest BCUT2D eigenvalue weighted by atomic mass is 35.5. The normalized spacial score (nSPS) is 12.8. The lowest BCUT2D eigenvalue weighted by Gasteiger charge is -2.31. The van der Waals surface area contributed by atoms with Crippen LogP contribution < -0.4 is 5.32 Å². The van der Waals surface area contributed by atoms with E-state index in [-0.39, 0.29) is 17.9 Å². The average molecular weight is 496 g/mol. The van der Waals surface area contributed by atoms with Crippen molar-refractivity contribution in [3.63, 3.8) is 0 Å². The van der Waals surface area contributed by atoms with Crippen molar-refractivity contribution in [2.24, 2.45) is 0 Å². The van der Waals surface area contributed by atoms with Crippen LogP contribution in [-0.2, 0) is 21.9 Å². The second-order valence-corrected chi connectivity index (χ2v) is 9.79. The van der Waals surface area contributed by atoms with Gasteiger partial charge in [-0.1, -0.05) is 72.9 Å². The van der Waals surface area contributed by atoms with E-state index in [9.17, 15) is 9.59 Å². The Bertz CT molecular complexity index is 905. The Morgan fingerprint density at radius 3 is 2.25 bits per heavy atom. The summed E-state index contributed by atoms with van der Waals surface area (Å²) in [5, 5.41) is 3.92. The van der Waals surface area contributed by atoms with Crippen LogP contribution in [0.4, 0.5) is 0 Å². The molecule has 0 aliphatic carbocycles. The minimum absolute atomic E-state index is 0.0504. The smallest absolute Gasteiger partial charge is 0.243 e. The molecule has 2 amide bonds. The van der Waals surface area contributed by atoms with Gasteiger partial charge in [0, 0.05) is 18.3 Å². The largest absolute Gasteiger partial charge is 0.352 e. The molecule has 0 bridgehead atoms. The summed E-state index contributed by atoms with van der Waals surface area (Å²) in [7, 11) is 0. The number of halogens is 2. The van der Waals surface area contributed by atoms with Crippen molar-refractivity contribution in [1.82, 2.24) is 10.2 Å². The van der Waals surface area contributed by atoms with E-state index in [2.05, 4.69) is 36.5 Å². The maximum Gasteiger partial charge on any atom is 0.243 e. The first-order valence-corrected chi connectivity index (χ1v) is 12.8. The second-order valence-electron chi connectivity index (χ2n) is 7.99. The topological polar surface area (TPSA) is 49.4 Å². The van der Waals surface area contributed by atoms with E-state index in [0.717, 1.165) is 17.7 Å². The molecule has 0 radical (unpaired) electrons. The lowest BCUT2D eigenvalue weighted by Crippen LogP contribution is -2.51. The number of nitrogens with one attached hydrogen (secondary N) is 1. The van der Waals surface area contributed by atoms with E-state index in [1.807, 2.05) is 26.8 Å². The number of thioether (sulfide) groups is 1. The van der Waals surface area contributed by atoms with Gasteiger partial charge >= 0.3 is 0 Å². The predicted molar refractivity (Wildman–Crippen MR) is 136 cm³/mol. The van der Waals surface area contributed by atoms with Gasteiger partial charge in [0.2, 0.25) is 11.8 Å². The van der Waals surface area contributed by atoms with Crippen LogP contribution in [0.15, 0.2) is 42.5 Å². The molecular weight excluding hydrogens is 463 g/mol. The summed E-state index contributed by atoms with van der Waals surface area (Å²) in [5.41, 5.74) is 3.22. The quantitative estimate of drug-likeness (QED) is 0.401. The Balaban J connectivity index is 2.16. The summed E-state index contributed by atoms with van der Waals surface area (Å²) in [6, 6.07) is 13.1. The molecule has 4 nitrogen and oxygen atoms in total. The molecule has 2 atom stereocenters. The Morgan fingerprint density at radius 1 is 1.00 bits per heavy atom. The van der Waals surface area contributed by atoms with Crippen molar-refractivity contribution >= 4 is 46.8 Å². The van der Waals surface area contributed by atoms with Crippen LogP contribution >= 0.6 is 35.0 Å². The zero-order valence-corrected chi connectivity index (χ0v) is 21.5. The number of carbonyl (C=O) groups excluding carboxylic acids is 2. The van der Waals surface area contributed by atoms with Crippen LogP contribution in [0.3, 0.4) is 0 Å². The van der Waals surface area contributed by atoms with Crippen LogP contribution in [0.25, 0.3) is 0 Å². The van der Waals surface area contributed by atoms with Crippen LogP contribution in [0.2, 0.25) is 10.0 Å². The van der Waals surface area contributed by atoms with Gasteiger partial charge in [0.1, 0.15) is 6.04 Å². The summed E-state index contributed by atoms with van der Waals surface area (Å²) in [4.78, 5) is 27.9. The minimum Gasteiger partial charge on any atom is -0.352 e. The van der Waals surface area contributed by atoms with E-state index in [0.29, 0.717) is 28.8 Å². The third-order valence-electron chi connectivity index (χ3n) is 5.34. The molecule has 0 aliphatic rings. The summed E-state index contributed by atoms with van der Waals surface area (Å²) >= 11 is 13.8. The van der Waals surface area contributed by atoms with Crippen molar-refractivity contribution in [2.75, 3.05) is 5.75 Å². The number of carbonyl (C=O) groups is 2. The van der Waals surface area contributed by atoms with Gasteiger partial charge in [-0.2, -0.15) is 0 Å². The van der Waals surface area contributed by atoms with E-state index in [4.69, 9.17) is 23.2 Å². The molecule has 0 heterocycles. The second kappa shape index (κ2) is 13.1. The molecule has 0 saturated heterocycles. The number of benzene rings is 2. The Hall–Kier alpha value is -1.69. The number of nitrogens with zero attached hydrogens (tertiary/aromatic N) is 1. The van der Waals surface area contributed by atoms with Gasteiger partial charge in [-0.3, -0.25) is 9.59 Å². The maximum atomic E-state index is 13.3. The van der Waals surface area contributed by atoms with E-state index >= 15 is 0 Å². The molecule has 32 heavy (non-hydrogen) atoms. The molecule has 2 rings (SSSR count). The van der Waals surface area contributed by atoms with Crippen molar-refractivity contribution in [3.8, 4) is 0 Å².